The van der Waals surface area contributed by atoms with Gasteiger partial charge in [0.25, 0.3) is 0 Å². The summed E-state index contributed by atoms with van der Waals surface area (Å²) in [5.74, 6) is -0.770. The molecule has 2 aromatic heterocycles. The SMILES string of the molecule is Cn1cncc1-c1cnc(C2CN3C(=O)CC4(CC4)[C@@H]3C3=C2C2=CC(=O)C=C(F)C2=C(Cl)C=NC3)[nH]1. The molecule has 5 heterocycles. The van der Waals surface area contributed by atoms with Crippen LogP contribution in [0.1, 0.15) is 31.0 Å². The number of rotatable bonds is 2. The van der Waals surface area contributed by atoms with E-state index in [9.17, 15) is 9.59 Å². The topological polar surface area (TPSA) is 96.2 Å². The lowest BCUT2D eigenvalue weighted by atomic mass is 9.74. The van der Waals surface area contributed by atoms with Crippen LogP contribution in [0.5, 0.6) is 0 Å². The lowest BCUT2D eigenvalue weighted by molar-refractivity contribution is -0.129. The molecule has 1 unspecified atom stereocenters. The van der Waals surface area contributed by atoms with Crippen LogP contribution in [-0.4, -0.2) is 61.5 Å². The lowest BCUT2D eigenvalue weighted by Crippen LogP contribution is -2.46. The number of aromatic amines is 1. The van der Waals surface area contributed by atoms with Gasteiger partial charge in [0.15, 0.2) is 5.78 Å². The average molecular weight is 505 g/mol. The van der Waals surface area contributed by atoms with Gasteiger partial charge in [-0.3, -0.25) is 14.6 Å². The third-order valence-corrected chi connectivity index (χ3v) is 8.38. The predicted octanol–water partition coefficient (Wildman–Crippen LogP) is 3.52. The third-order valence-electron chi connectivity index (χ3n) is 8.09. The van der Waals surface area contributed by atoms with Crippen molar-refractivity contribution in [2.45, 2.75) is 31.2 Å². The van der Waals surface area contributed by atoms with E-state index in [1.165, 1.54) is 12.3 Å². The van der Waals surface area contributed by atoms with Crippen LogP contribution in [0.4, 0.5) is 4.39 Å². The van der Waals surface area contributed by atoms with Crippen molar-refractivity contribution in [3.05, 3.63) is 69.8 Å². The Bertz CT molecular complexity index is 1520. The molecule has 2 aromatic rings. The minimum Gasteiger partial charge on any atom is -0.340 e. The van der Waals surface area contributed by atoms with Gasteiger partial charge in [-0.25, -0.2) is 14.4 Å². The Kier molecular flexibility index (Phi) is 4.49. The molecular weight excluding hydrogens is 483 g/mol. The van der Waals surface area contributed by atoms with Crippen molar-refractivity contribution in [3.8, 4) is 11.4 Å². The number of H-pyrrole nitrogens is 1. The second-order valence-corrected chi connectivity index (χ2v) is 10.6. The Morgan fingerprint density at radius 2 is 2.06 bits per heavy atom. The van der Waals surface area contributed by atoms with Crippen LogP contribution in [0.3, 0.4) is 0 Å². The smallest absolute Gasteiger partial charge is 0.223 e. The third kappa shape index (κ3) is 3.01. The molecular formula is C26H22ClFN6O2. The molecule has 3 aliphatic heterocycles. The summed E-state index contributed by atoms with van der Waals surface area (Å²) in [6.07, 6.45) is 11.5. The van der Waals surface area contributed by atoms with Crippen molar-refractivity contribution in [2.75, 3.05) is 13.1 Å². The lowest BCUT2D eigenvalue weighted by Gasteiger charge is -2.42. The van der Waals surface area contributed by atoms with Crippen molar-refractivity contribution in [3.63, 3.8) is 0 Å². The monoisotopic (exact) mass is 504 g/mol. The van der Waals surface area contributed by atoms with Crippen LogP contribution in [-0.2, 0) is 16.6 Å². The molecule has 0 bridgehead atoms. The van der Waals surface area contributed by atoms with Crippen molar-refractivity contribution < 1.29 is 14.0 Å². The molecule has 7 rings (SSSR count). The summed E-state index contributed by atoms with van der Waals surface area (Å²) >= 11 is 6.50. The number of carbonyl (C=O) groups is 2. The van der Waals surface area contributed by atoms with E-state index >= 15 is 4.39 Å². The van der Waals surface area contributed by atoms with Crippen LogP contribution in [0.15, 0.2) is 69.0 Å². The van der Waals surface area contributed by atoms with Crippen LogP contribution in [0, 0.1) is 5.41 Å². The van der Waals surface area contributed by atoms with Gasteiger partial charge >= 0.3 is 0 Å². The fourth-order valence-corrected chi connectivity index (χ4v) is 6.61. The van der Waals surface area contributed by atoms with Gasteiger partial charge < -0.3 is 14.5 Å². The molecule has 8 nitrogen and oxygen atoms in total. The first-order valence-corrected chi connectivity index (χ1v) is 12.3. The second kappa shape index (κ2) is 7.46. The number of aromatic nitrogens is 4. The number of fused-ring (bicyclic) bond motifs is 5. The first kappa shape index (κ1) is 21.7. The summed E-state index contributed by atoms with van der Waals surface area (Å²) in [6.45, 7) is 0.700. The van der Waals surface area contributed by atoms with Gasteiger partial charge in [0.1, 0.15) is 11.7 Å². The number of ketones is 1. The zero-order valence-electron chi connectivity index (χ0n) is 19.5. The van der Waals surface area contributed by atoms with Gasteiger partial charge in [0, 0.05) is 43.3 Å². The summed E-state index contributed by atoms with van der Waals surface area (Å²) < 4.78 is 17.1. The maximum atomic E-state index is 15.2. The molecule has 0 aromatic carbocycles. The Morgan fingerprint density at radius 3 is 2.81 bits per heavy atom. The average Bonchev–Trinajstić information content (AvgIpc) is 3.14. The number of hydrogen-bond donors (Lipinski definition) is 1. The fourth-order valence-electron chi connectivity index (χ4n) is 6.35. The number of aliphatic imine (C=N–C) groups is 1. The molecule has 1 amide bonds. The van der Waals surface area contributed by atoms with Crippen molar-refractivity contribution in [1.82, 2.24) is 24.4 Å². The zero-order chi connectivity index (χ0) is 24.8. The molecule has 1 spiro atoms. The maximum absolute atomic E-state index is 15.2. The van der Waals surface area contributed by atoms with E-state index in [4.69, 9.17) is 16.6 Å². The number of nitrogens with zero attached hydrogens (tertiary/aromatic N) is 5. The van der Waals surface area contributed by atoms with Crippen LogP contribution in [0.2, 0.25) is 0 Å². The molecule has 36 heavy (non-hydrogen) atoms. The Hall–Kier alpha value is -3.59. The van der Waals surface area contributed by atoms with Gasteiger partial charge in [-0.15, -0.1) is 0 Å². The number of aryl methyl sites for hydroxylation is 1. The molecule has 0 radical (unpaired) electrons. The predicted molar refractivity (Wildman–Crippen MR) is 131 cm³/mol. The quantitative estimate of drug-likeness (QED) is 0.676. The summed E-state index contributed by atoms with van der Waals surface area (Å²) in [4.78, 5) is 44.5. The molecule has 182 valence electrons. The van der Waals surface area contributed by atoms with Crippen molar-refractivity contribution in [1.29, 1.82) is 0 Å². The maximum Gasteiger partial charge on any atom is 0.223 e. The highest BCUT2D eigenvalue weighted by Gasteiger charge is 2.62. The molecule has 1 saturated heterocycles. The molecule has 2 fully saturated rings. The number of hydrogen-bond acceptors (Lipinski definition) is 5. The van der Waals surface area contributed by atoms with E-state index in [0.29, 0.717) is 30.9 Å². The highest BCUT2D eigenvalue weighted by atomic mass is 35.5. The van der Waals surface area contributed by atoms with Gasteiger partial charge in [-0.2, -0.15) is 0 Å². The number of carbonyl (C=O) groups excluding carboxylic acids is 2. The van der Waals surface area contributed by atoms with Crippen molar-refractivity contribution in [2.24, 2.45) is 17.5 Å². The van der Waals surface area contributed by atoms with E-state index in [2.05, 4.69) is 15.0 Å². The van der Waals surface area contributed by atoms with E-state index in [0.717, 1.165) is 41.5 Å². The van der Waals surface area contributed by atoms with E-state index in [1.54, 1.807) is 18.7 Å². The summed E-state index contributed by atoms with van der Waals surface area (Å²) in [6, 6.07) is -0.122. The molecule has 2 aliphatic carbocycles. The highest BCUT2D eigenvalue weighted by Crippen LogP contribution is 2.62. The first-order chi connectivity index (χ1) is 17.4. The molecule has 10 heteroatoms. The summed E-state index contributed by atoms with van der Waals surface area (Å²) in [5, 5.41) is 0.147. The first-order valence-electron chi connectivity index (χ1n) is 11.9. The highest BCUT2D eigenvalue weighted by molar-refractivity contribution is 6.40. The Balaban J connectivity index is 1.45. The largest absolute Gasteiger partial charge is 0.340 e. The molecule has 1 N–H and O–H groups in total. The standard InChI is InChI=1S/C26H22ClFN6O2/c1-33-12-30-10-20(33)19-9-31-25(32-19)16-11-34-21(36)6-26(2-3-26)24(34)15-7-29-8-17(27)23-14(22(15)16)4-13(35)5-18(23)28/h4-5,8-10,12,16,24H,2-3,6-7,11H2,1H3,(H,31,32)/t16?,24-/m0/s1. The minimum atomic E-state index is -0.678. The van der Waals surface area contributed by atoms with E-state index in [1.807, 2.05) is 16.5 Å². The number of halogens is 2. The summed E-state index contributed by atoms with van der Waals surface area (Å²) in [7, 11) is 1.89. The second-order valence-electron chi connectivity index (χ2n) is 10.2. The summed E-state index contributed by atoms with van der Waals surface area (Å²) in [5.41, 5.74) is 3.89. The van der Waals surface area contributed by atoms with Crippen LogP contribution >= 0.6 is 11.6 Å². The molecule has 1 saturated carbocycles. The van der Waals surface area contributed by atoms with Crippen LogP contribution < -0.4 is 0 Å². The zero-order valence-corrected chi connectivity index (χ0v) is 20.2. The molecule has 5 aliphatic rings. The number of allylic oxidation sites excluding steroid dienone is 6. The van der Waals surface area contributed by atoms with Gasteiger partial charge in [-0.05, 0) is 35.6 Å². The number of imidazole rings is 2. The normalized spacial score (nSPS) is 26.5. The van der Waals surface area contributed by atoms with Crippen LogP contribution in [0.25, 0.3) is 11.4 Å². The Morgan fingerprint density at radius 1 is 1.22 bits per heavy atom. The number of nitrogens with one attached hydrogen (secondary N) is 1. The van der Waals surface area contributed by atoms with Gasteiger partial charge in [0.2, 0.25) is 5.91 Å². The Labute approximate surface area is 211 Å². The fraction of sp³-hybridized carbons (Fsp3) is 0.346. The van der Waals surface area contributed by atoms with E-state index in [-0.39, 0.29) is 28.0 Å². The van der Waals surface area contributed by atoms with Gasteiger partial charge in [-0.1, -0.05) is 11.6 Å². The minimum absolute atomic E-state index is 0.109. The number of amides is 1. The molecule has 2 atom stereocenters. The van der Waals surface area contributed by atoms with Gasteiger partial charge in [0.05, 0.1) is 53.6 Å². The van der Waals surface area contributed by atoms with Crippen molar-refractivity contribution >= 4 is 29.5 Å². The van der Waals surface area contributed by atoms with E-state index < -0.39 is 17.5 Å².